The molecule has 25 heavy (non-hydrogen) atoms. The van der Waals surface area contributed by atoms with Gasteiger partial charge in [0.2, 0.25) is 0 Å². The van der Waals surface area contributed by atoms with Crippen molar-refractivity contribution in [3.8, 4) is 0 Å². The number of anilines is 2. The van der Waals surface area contributed by atoms with Crippen molar-refractivity contribution in [2.45, 2.75) is 32.1 Å². The lowest BCUT2D eigenvalue weighted by atomic mass is 9.93. The molecule has 1 aromatic carbocycles. The highest BCUT2D eigenvalue weighted by Gasteiger charge is 2.19. The number of nitrogens with zero attached hydrogens (tertiary/aromatic N) is 1. The molecule has 0 atom stereocenters. The zero-order chi connectivity index (χ0) is 15.6. The molecule has 0 aliphatic heterocycles. The first-order valence-corrected chi connectivity index (χ1v) is 8.52. The monoisotopic (exact) mass is 377 g/mol. The Morgan fingerprint density at radius 3 is 2.52 bits per heavy atom. The van der Waals surface area contributed by atoms with Gasteiger partial charge in [0.15, 0.2) is 0 Å². The van der Waals surface area contributed by atoms with Crippen LogP contribution >= 0.6 is 24.8 Å². The van der Waals surface area contributed by atoms with Crippen molar-refractivity contribution in [1.82, 2.24) is 4.40 Å². The summed E-state index contributed by atoms with van der Waals surface area (Å²) in [5.74, 6) is 0. The van der Waals surface area contributed by atoms with Crippen LogP contribution in [0.3, 0.4) is 0 Å². The third-order valence-corrected chi connectivity index (χ3v) is 4.88. The number of aromatic nitrogens is 1. The van der Waals surface area contributed by atoms with Crippen LogP contribution in [0.4, 0.5) is 11.4 Å². The van der Waals surface area contributed by atoms with E-state index in [-0.39, 0.29) is 24.8 Å². The summed E-state index contributed by atoms with van der Waals surface area (Å²) in [5, 5.41) is 3.52. The van der Waals surface area contributed by atoms with Crippen molar-refractivity contribution >= 4 is 41.7 Å². The molecule has 0 saturated carbocycles. The van der Waals surface area contributed by atoms with Crippen LogP contribution in [0.15, 0.2) is 48.7 Å². The van der Waals surface area contributed by atoms with Gasteiger partial charge in [-0.15, -0.1) is 24.8 Å². The van der Waals surface area contributed by atoms with E-state index in [0.717, 1.165) is 24.3 Å². The van der Waals surface area contributed by atoms with E-state index in [2.05, 4.69) is 34.1 Å². The van der Waals surface area contributed by atoms with Crippen molar-refractivity contribution in [3.63, 3.8) is 0 Å². The maximum absolute atomic E-state index is 5.74. The number of nitrogen functional groups attached to an aromatic ring is 1. The van der Waals surface area contributed by atoms with E-state index in [9.17, 15) is 0 Å². The van der Waals surface area contributed by atoms with Crippen molar-refractivity contribution < 1.29 is 0 Å². The van der Waals surface area contributed by atoms with Gasteiger partial charge < -0.3 is 15.5 Å². The number of halogens is 2. The lowest BCUT2D eigenvalue weighted by Crippen LogP contribution is -2.08. The molecule has 1 aliphatic carbocycles. The van der Waals surface area contributed by atoms with Crippen LogP contribution in [0.5, 0.6) is 0 Å². The van der Waals surface area contributed by atoms with Crippen LogP contribution in [-0.4, -0.2) is 10.9 Å². The summed E-state index contributed by atoms with van der Waals surface area (Å²) < 4.78 is 2.41. The number of rotatable bonds is 4. The van der Waals surface area contributed by atoms with Crippen LogP contribution in [0.2, 0.25) is 0 Å². The summed E-state index contributed by atoms with van der Waals surface area (Å²) in [6.45, 7) is 0.949. The quantitative estimate of drug-likeness (QED) is 0.634. The maximum atomic E-state index is 5.74. The minimum Gasteiger partial charge on any atom is -0.399 e. The molecule has 0 unspecified atom stereocenters. The lowest BCUT2D eigenvalue weighted by Gasteiger charge is -2.13. The summed E-state index contributed by atoms with van der Waals surface area (Å²) in [4.78, 5) is 0. The van der Waals surface area contributed by atoms with Gasteiger partial charge in [-0.3, -0.25) is 0 Å². The molecule has 0 radical (unpaired) electrons. The Morgan fingerprint density at radius 1 is 0.960 bits per heavy atom. The number of benzene rings is 1. The fraction of sp³-hybridized carbons (Fsp3) is 0.300. The van der Waals surface area contributed by atoms with Crippen LogP contribution < -0.4 is 11.1 Å². The summed E-state index contributed by atoms with van der Waals surface area (Å²) in [7, 11) is 0. The van der Waals surface area contributed by atoms with Crippen molar-refractivity contribution in [3.05, 3.63) is 65.5 Å². The Bertz CT molecular complexity index is 825. The number of fused-ring (bicyclic) bond motifs is 3. The van der Waals surface area contributed by atoms with E-state index in [4.69, 9.17) is 5.73 Å². The molecule has 3 N–H and O–H groups in total. The molecule has 5 heteroatoms. The highest BCUT2D eigenvalue weighted by molar-refractivity contribution is 5.85. The number of nitrogens with one attached hydrogen (secondary N) is 1. The zero-order valence-corrected chi connectivity index (χ0v) is 15.8. The molecule has 3 nitrogen and oxygen atoms in total. The number of pyridine rings is 1. The standard InChI is InChI=1S/C20H23N3.2ClH/c21-15-8-10-16(11-9-15)22-13-12-18-17-5-1-2-6-19(17)23-14-4-3-7-20(18)23;;/h3-4,7-11,14,22H,1-2,5-6,12-13,21H2;2*1H. The predicted octanol–water partition coefficient (Wildman–Crippen LogP) is 4.90. The van der Waals surface area contributed by atoms with Gasteiger partial charge in [-0.25, -0.2) is 0 Å². The van der Waals surface area contributed by atoms with E-state index < -0.39 is 0 Å². The molecule has 1 aliphatic rings. The van der Waals surface area contributed by atoms with Crippen molar-refractivity contribution in [2.75, 3.05) is 17.6 Å². The summed E-state index contributed by atoms with van der Waals surface area (Å²) >= 11 is 0. The highest BCUT2D eigenvalue weighted by Crippen LogP contribution is 2.30. The molecule has 0 spiro atoms. The first kappa shape index (κ1) is 19.5. The minimum atomic E-state index is 0. The van der Waals surface area contributed by atoms with E-state index in [0.29, 0.717) is 0 Å². The zero-order valence-electron chi connectivity index (χ0n) is 14.2. The third kappa shape index (κ3) is 3.88. The second-order valence-electron chi connectivity index (χ2n) is 6.37. The van der Waals surface area contributed by atoms with E-state index in [1.54, 1.807) is 5.56 Å². The number of nitrogens with two attached hydrogens (primary N) is 1. The van der Waals surface area contributed by atoms with Crippen molar-refractivity contribution in [1.29, 1.82) is 0 Å². The maximum Gasteiger partial charge on any atom is 0.0488 e. The highest BCUT2D eigenvalue weighted by atomic mass is 35.5. The fourth-order valence-electron chi connectivity index (χ4n) is 3.77. The second-order valence-corrected chi connectivity index (χ2v) is 6.37. The Hall–Kier alpha value is -1.84. The molecule has 2 aromatic heterocycles. The molecule has 0 amide bonds. The summed E-state index contributed by atoms with van der Waals surface area (Å²) in [5.41, 5.74) is 13.7. The van der Waals surface area contributed by atoms with Crippen LogP contribution in [0.25, 0.3) is 5.52 Å². The molecule has 3 aromatic rings. The molecule has 0 bridgehead atoms. The first-order chi connectivity index (χ1) is 11.3. The largest absolute Gasteiger partial charge is 0.399 e. The molecule has 4 rings (SSSR count). The minimum absolute atomic E-state index is 0. The Labute approximate surface area is 161 Å². The third-order valence-electron chi connectivity index (χ3n) is 4.88. The van der Waals surface area contributed by atoms with Gasteiger partial charge in [0, 0.05) is 35.3 Å². The van der Waals surface area contributed by atoms with E-state index >= 15 is 0 Å². The van der Waals surface area contributed by atoms with Gasteiger partial charge in [0.1, 0.15) is 0 Å². The van der Waals surface area contributed by atoms with Crippen LogP contribution in [0, 0.1) is 0 Å². The Balaban J connectivity index is 0.00000113. The van der Waals surface area contributed by atoms with Gasteiger partial charge in [-0.1, -0.05) is 6.07 Å². The molecular weight excluding hydrogens is 353 g/mol. The van der Waals surface area contributed by atoms with Gasteiger partial charge in [-0.05, 0) is 79.6 Å². The SMILES string of the molecule is Cl.Cl.Nc1ccc(NCCc2c3c(n4ccccc24)CCCC3)cc1. The van der Waals surface area contributed by atoms with Gasteiger partial charge in [-0.2, -0.15) is 0 Å². The van der Waals surface area contributed by atoms with E-state index in [1.807, 2.05) is 24.3 Å². The number of aryl methyl sites for hydroxylation is 1. The van der Waals surface area contributed by atoms with Crippen molar-refractivity contribution in [2.24, 2.45) is 0 Å². The first-order valence-electron chi connectivity index (χ1n) is 8.52. The van der Waals surface area contributed by atoms with Gasteiger partial charge in [0.25, 0.3) is 0 Å². The second kappa shape index (κ2) is 8.50. The van der Waals surface area contributed by atoms with Gasteiger partial charge in [0.05, 0.1) is 0 Å². The Kier molecular flexibility index (Phi) is 6.63. The normalized spacial score (nSPS) is 12.8. The average Bonchev–Trinajstić information content (AvgIpc) is 2.91. The summed E-state index contributed by atoms with van der Waals surface area (Å²) in [6, 6.07) is 14.5. The number of hydrogen-bond acceptors (Lipinski definition) is 2. The predicted molar refractivity (Wildman–Crippen MR) is 112 cm³/mol. The average molecular weight is 378 g/mol. The van der Waals surface area contributed by atoms with Crippen LogP contribution in [-0.2, 0) is 19.3 Å². The summed E-state index contributed by atoms with van der Waals surface area (Å²) in [6.07, 6.45) is 8.36. The fourth-order valence-corrected chi connectivity index (χ4v) is 3.77. The Morgan fingerprint density at radius 2 is 1.72 bits per heavy atom. The van der Waals surface area contributed by atoms with Crippen LogP contribution in [0.1, 0.15) is 29.7 Å². The number of hydrogen-bond donors (Lipinski definition) is 2. The molecular formula is C20H25Cl2N3. The van der Waals surface area contributed by atoms with Gasteiger partial charge >= 0.3 is 0 Å². The molecule has 2 heterocycles. The lowest BCUT2D eigenvalue weighted by molar-refractivity contribution is 0.665. The molecule has 134 valence electrons. The smallest absolute Gasteiger partial charge is 0.0488 e. The topological polar surface area (TPSA) is 42.5 Å². The molecule has 0 fully saturated rings. The van der Waals surface area contributed by atoms with E-state index in [1.165, 1.54) is 42.5 Å². The molecule has 0 saturated heterocycles.